The van der Waals surface area contributed by atoms with Crippen molar-refractivity contribution in [3.05, 3.63) is 28.2 Å². The summed E-state index contributed by atoms with van der Waals surface area (Å²) in [5.74, 6) is 0. The molecule has 0 saturated heterocycles. The molecule has 0 spiro atoms. The van der Waals surface area contributed by atoms with E-state index in [1.165, 1.54) is 0 Å². The predicted molar refractivity (Wildman–Crippen MR) is 63.1 cm³/mol. The topological polar surface area (TPSA) is 35.2 Å². The van der Waals surface area contributed by atoms with Crippen molar-refractivity contribution in [3.63, 3.8) is 0 Å². The number of benzene rings is 1. The zero-order valence-electron chi connectivity index (χ0n) is 8.42. The van der Waals surface area contributed by atoms with E-state index in [1.54, 1.807) is 0 Å². The summed E-state index contributed by atoms with van der Waals surface area (Å²) in [4.78, 5) is 0. The molecular formula is C11H16BrNO. The normalized spacial score (nSPS) is 10.4. The van der Waals surface area contributed by atoms with Crippen LogP contribution in [0.3, 0.4) is 0 Å². The molecule has 0 aliphatic carbocycles. The quantitative estimate of drug-likeness (QED) is 0.649. The SMILES string of the molecule is CCCCOCc1ccc(Br)cc1N. The summed E-state index contributed by atoms with van der Waals surface area (Å²) in [5.41, 5.74) is 7.67. The summed E-state index contributed by atoms with van der Waals surface area (Å²) in [5, 5.41) is 0. The van der Waals surface area contributed by atoms with Gasteiger partial charge in [-0.1, -0.05) is 35.3 Å². The van der Waals surface area contributed by atoms with Crippen LogP contribution in [0.25, 0.3) is 0 Å². The molecule has 0 aliphatic heterocycles. The molecule has 0 amide bonds. The Bertz CT molecular complexity index is 289. The van der Waals surface area contributed by atoms with Crippen molar-refractivity contribution in [2.24, 2.45) is 0 Å². The molecular weight excluding hydrogens is 242 g/mol. The van der Waals surface area contributed by atoms with E-state index >= 15 is 0 Å². The van der Waals surface area contributed by atoms with E-state index in [2.05, 4.69) is 22.9 Å². The van der Waals surface area contributed by atoms with Crippen LogP contribution in [-0.2, 0) is 11.3 Å². The largest absolute Gasteiger partial charge is 0.398 e. The van der Waals surface area contributed by atoms with Crippen LogP contribution in [0.1, 0.15) is 25.3 Å². The fraction of sp³-hybridized carbons (Fsp3) is 0.455. The summed E-state index contributed by atoms with van der Waals surface area (Å²) >= 11 is 3.37. The van der Waals surface area contributed by atoms with Crippen molar-refractivity contribution in [2.75, 3.05) is 12.3 Å². The number of nitrogens with two attached hydrogens (primary N) is 1. The highest BCUT2D eigenvalue weighted by Gasteiger charge is 1.99. The van der Waals surface area contributed by atoms with Crippen LogP contribution >= 0.6 is 15.9 Å². The van der Waals surface area contributed by atoms with Crippen LogP contribution in [0, 0.1) is 0 Å². The summed E-state index contributed by atoms with van der Waals surface area (Å²) in [6.07, 6.45) is 2.27. The molecule has 78 valence electrons. The smallest absolute Gasteiger partial charge is 0.0736 e. The zero-order valence-corrected chi connectivity index (χ0v) is 10.0. The van der Waals surface area contributed by atoms with Crippen molar-refractivity contribution >= 4 is 21.6 Å². The van der Waals surface area contributed by atoms with Crippen LogP contribution in [0.5, 0.6) is 0 Å². The molecule has 0 bridgehead atoms. The molecule has 0 aromatic heterocycles. The lowest BCUT2D eigenvalue weighted by atomic mass is 10.2. The van der Waals surface area contributed by atoms with Crippen LogP contribution in [0.15, 0.2) is 22.7 Å². The number of rotatable bonds is 5. The van der Waals surface area contributed by atoms with E-state index in [9.17, 15) is 0 Å². The maximum absolute atomic E-state index is 5.83. The van der Waals surface area contributed by atoms with Gasteiger partial charge in [0.25, 0.3) is 0 Å². The molecule has 14 heavy (non-hydrogen) atoms. The minimum atomic E-state index is 0.610. The molecule has 0 aliphatic rings. The first kappa shape index (κ1) is 11.5. The highest BCUT2D eigenvalue weighted by molar-refractivity contribution is 9.10. The lowest BCUT2D eigenvalue weighted by molar-refractivity contribution is 0.118. The summed E-state index contributed by atoms with van der Waals surface area (Å²) in [6.45, 7) is 3.57. The predicted octanol–water partition coefficient (Wildman–Crippen LogP) is 3.35. The Kier molecular flexibility index (Phi) is 4.98. The van der Waals surface area contributed by atoms with Gasteiger partial charge >= 0.3 is 0 Å². The average Bonchev–Trinajstić information content (AvgIpc) is 2.15. The number of hydrogen-bond donors (Lipinski definition) is 1. The average molecular weight is 258 g/mol. The highest BCUT2D eigenvalue weighted by atomic mass is 79.9. The van der Waals surface area contributed by atoms with Gasteiger partial charge in [0.05, 0.1) is 6.61 Å². The van der Waals surface area contributed by atoms with Crippen molar-refractivity contribution in [3.8, 4) is 0 Å². The number of hydrogen-bond acceptors (Lipinski definition) is 2. The van der Waals surface area contributed by atoms with Gasteiger partial charge in [0, 0.05) is 22.3 Å². The molecule has 0 fully saturated rings. The van der Waals surface area contributed by atoms with E-state index in [0.29, 0.717) is 6.61 Å². The Hall–Kier alpha value is -0.540. The number of anilines is 1. The van der Waals surface area contributed by atoms with E-state index in [-0.39, 0.29) is 0 Å². The van der Waals surface area contributed by atoms with Gasteiger partial charge in [-0.05, 0) is 18.6 Å². The van der Waals surface area contributed by atoms with Crippen molar-refractivity contribution in [1.29, 1.82) is 0 Å². The second-order valence-electron chi connectivity index (χ2n) is 3.25. The zero-order chi connectivity index (χ0) is 10.4. The Morgan fingerprint density at radius 3 is 2.86 bits per heavy atom. The Morgan fingerprint density at radius 1 is 1.43 bits per heavy atom. The summed E-state index contributed by atoms with van der Waals surface area (Å²) < 4.78 is 6.49. The maximum Gasteiger partial charge on any atom is 0.0736 e. The van der Waals surface area contributed by atoms with Gasteiger partial charge in [-0.3, -0.25) is 0 Å². The Balaban J connectivity index is 2.42. The number of ether oxygens (including phenoxy) is 1. The van der Waals surface area contributed by atoms with Gasteiger partial charge in [-0.2, -0.15) is 0 Å². The molecule has 0 atom stereocenters. The first-order chi connectivity index (χ1) is 6.74. The first-order valence-corrected chi connectivity index (χ1v) is 5.65. The molecule has 1 aromatic carbocycles. The Morgan fingerprint density at radius 2 is 2.21 bits per heavy atom. The summed E-state index contributed by atoms with van der Waals surface area (Å²) in [7, 11) is 0. The third-order valence-corrected chi connectivity index (χ3v) is 2.50. The van der Waals surface area contributed by atoms with Crippen LogP contribution in [0.2, 0.25) is 0 Å². The maximum atomic E-state index is 5.83. The third-order valence-electron chi connectivity index (χ3n) is 2.01. The fourth-order valence-corrected chi connectivity index (χ4v) is 1.50. The molecule has 3 heteroatoms. The fourth-order valence-electron chi connectivity index (χ4n) is 1.13. The minimum Gasteiger partial charge on any atom is -0.398 e. The lowest BCUT2D eigenvalue weighted by Gasteiger charge is -2.06. The van der Waals surface area contributed by atoms with Crippen LogP contribution in [-0.4, -0.2) is 6.61 Å². The van der Waals surface area contributed by atoms with Crippen molar-refractivity contribution in [2.45, 2.75) is 26.4 Å². The molecule has 1 aromatic rings. The second-order valence-corrected chi connectivity index (χ2v) is 4.16. The van der Waals surface area contributed by atoms with Crippen molar-refractivity contribution in [1.82, 2.24) is 0 Å². The number of nitrogen functional groups attached to an aromatic ring is 1. The lowest BCUT2D eigenvalue weighted by Crippen LogP contribution is -1.99. The van der Waals surface area contributed by atoms with Gasteiger partial charge < -0.3 is 10.5 Å². The standard InChI is InChI=1S/C11H16BrNO/c1-2-3-6-14-8-9-4-5-10(12)7-11(9)13/h4-5,7H,2-3,6,8,13H2,1H3. The van der Waals surface area contributed by atoms with Crippen molar-refractivity contribution < 1.29 is 4.74 Å². The molecule has 0 unspecified atom stereocenters. The van der Waals surface area contributed by atoms with E-state index in [0.717, 1.165) is 35.2 Å². The van der Waals surface area contributed by atoms with E-state index in [4.69, 9.17) is 10.5 Å². The Labute approximate surface area is 93.6 Å². The third kappa shape index (κ3) is 3.68. The van der Waals surface area contributed by atoms with E-state index < -0.39 is 0 Å². The monoisotopic (exact) mass is 257 g/mol. The van der Waals surface area contributed by atoms with Crippen LogP contribution < -0.4 is 5.73 Å². The van der Waals surface area contributed by atoms with Gasteiger partial charge in [0.2, 0.25) is 0 Å². The molecule has 2 N–H and O–H groups in total. The van der Waals surface area contributed by atoms with E-state index in [1.807, 2.05) is 18.2 Å². The molecule has 0 radical (unpaired) electrons. The molecule has 0 saturated carbocycles. The minimum absolute atomic E-state index is 0.610. The molecule has 2 nitrogen and oxygen atoms in total. The summed E-state index contributed by atoms with van der Waals surface area (Å²) in [6, 6.07) is 5.87. The number of halogens is 1. The van der Waals surface area contributed by atoms with Gasteiger partial charge in [-0.15, -0.1) is 0 Å². The highest BCUT2D eigenvalue weighted by Crippen LogP contribution is 2.19. The van der Waals surface area contributed by atoms with Gasteiger partial charge in [0.15, 0.2) is 0 Å². The van der Waals surface area contributed by atoms with Gasteiger partial charge in [0.1, 0.15) is 0 Å². The number of unbranched alkanes of at least 4 members (excludes halogenated alkanes) is 1. The molecule has 0 heterocycles. The molecule has 1 rings (SSSR count). The van der Waals surface area contributed by atoms with Crippen LogP contribution in [0.4, 0.5) is 5.69 Å². The van der Waals surface area contributed by atoms with Gasteiger partial charge in [-0.25, -0.2) is 0 Å². The second kappa shape index (κ2) is 6.04. The first-order valence-electron chi connectivity index (χ1n) is 4.85.